The lowest BCUT2D eigenvalue weighted by atomic mass is 10.1. The Labute approximate surface area is 131 Å². The number of hydrogen-bond acceptors (Lipinski definition) is 2. The Kier molecular flexibility index (Phi) is 5.78. The van der Waals surface area contributed by atoms with Crippen molar-refractivity contribution in [2.75, 3.05) is 6.61 Å². The van der Waals surface area contributed by atoms with E-state index in [0.29, 0.717) is 6.61 Å². The van der Waals surface area contributed by atoms with Crippen molar-refractivity contribution in [2.45, 2.75) is 19.9 Å². The van der Waals surface area contributed by atoms with Gasteiger partial charge in [-0.25, -0.2) is 0 Å². The molecule has 0 spiro atoms. The van der Waals surface area contributed by atoms with Crippen LogP contribution in [0.4, 0.5) is 0 Å². The molecule has 114 valence electrons. The summed E-state index contributed by atoms with van der Waals surface area (Å²) in [6.07, 6.45) is 3.36. The van der Waals surface area contributed by atoms with E-state index < -0.39 is 0 Å². The summed E-state index contributed by atoms with van der Waals surface area (Å²) in [5, 5.41) is 2.95. The third kappa shape index (κ3) is 4.77. The first-order valence-electron chi connectivity index (χ1n) is 7.45. The Morgan fingerprint density at radius 1 is 1.14 bits per heavy atom. The average molecular weight is 295 g/mol. The van der Waals surface area contributed by atoms with Crippen LogP contribution in [0.5, 0.6) is 5.75 Å². The zero-order chi connectivity index (χ0) is 15.8. The predicted octanol–water partition coefficient (Wildman–Crippen LogP) is 3.98. The number of carbonyl (C=O) groups is 1. The molecule has 0 saturated carbocycles. The summed E-state index contributed by atoms with van der Waals surface area (Å²) < 4.78 is 5.41. The van der Waals surface area contributed by atoms with Gasteiger partial charge in [-0.05, 0) is 43.2 Å². The van der Waals surface area contributed by atoms with Gasteiger partial charge in [-0.3, -0.25) is 4.79 Å². The lowest BCUT2D eigenvalue weighted by Gasteiger charge is -2.13. The zero-order valence-corrected chi connectivity index (χ0v) is 13.0. The predicted molar refractivity (Wildman–Crippen MR) is 89.6 cm³/mol. The van der Waals surface area contributed by atoms with E-state index in [1.54, 1.807) is 12.2 Å². The molecule has 2 aromatic carbocycles. The molecule has 0 aliphatic rings. The van der Waals surface area contributed by atoms with Gasteiger partial charge >= 0.3 is 0 Å². The molecule has 0 saturated heterocycles. The van der Waals surface area contributed by atoms with E-state index in [9.17, 15) is 4.79 Å². The summed E-state index contributed by atoms with van der Waals surface area (Å²) >= 11 is 0. The molecule has 0 bridgehead atoms. The summed E-state index contributed by atoms with van der Waals surface area (Å²) in [6, 6.07) is 17.5. The minimum atomic E-state index is -0.106. The van der Waals surface area contributed by atoms with Crippen LogP contribution in [0.2, 0.25) is 0 Å². The number of benzene rings is 2. The number of ether oxygens (including phenoxy) is 1. The monoisotopic (exact) mass is 295 g/mol. The van der Waals surface area contributed by atoms with Crippen LogP contribution in [0.3, 0.4) is 0 Å². The molecular formula is C19H21NO2. The minimum Gasteiger partial charge on any atom is -0.494 e. The van der Waals surface area contributed by atoms with Crippen LogP contribution in [0.25, 0.3) is 6.08 Å². The maximum absolute atomic E-state index is 11.9. The van der Waals surface area contributed by atoms with E-state index in [1.807, 2.05) is 68.4 Å². The van der Waals surface area contributed by atoms with Crippen LogP contribution in [0.15, 0.2) is 60.7 Å². The van der Waals surface area contributed by atoms with E-state index >= 15 is 0 Å². The first-order chi connectivity index (χ1) is 10.7. The summed E-state index contributed by atoms with van der Waals surface area (Å²) in [5.74, 6) is 0.735. The fraction of sp³-hybridized carbons (Fsp3) is 0.211. The van der Waals surface area contributed by atoms with Crippen molar-refractivity contribution in [3.8, 4) is 5.75 Å². The Morgan fingerprint density at radius 2 is 1.82 bits per heavy atom. The molecule has 22 heavy (non-hydrogen) atoms. The van der Waals surface area contributed by atoms with Gasteiger partial charge in [-0.2, -0.15) is 0 Å². The van der Waals surface area contributed by atoms with Crippen molar-refractivity contribution < 1.29 is 9.53 Å². The Bertz CT molecular complexity index is 618. The molecule has 2 rings (SSSR count). The van der Waals surface area contributed by atoms with Crippen molar-refractivity contribution in [3.05, 3.63) is 71.8 Å². The van der Waals surface area contributed by atoms with Crippen LogP contribution in [0, 0.1) is 0 Å². The largest absolute Gasteiger partial charge is 0.494 e. The zero-order valence-electron chi connectivity index (χ0n) is 13.0. The van der Waals surface area contributed by atoms with Crippen LogP contribution in [0.1, 0.15) is 31.0 Å². The second kappa shape index (κ2) is 8.03. The number of carbonyl (C=O) groups excluding carboxylic acids is 1. The average Bonchev–Trinajstić information content (AvgIpc) is 2.55. The smallest absolute Gasteiger partial charge is 0.244 e. The molecule has 3 heteroatoms. The second-order valence-corrected chi connectivity index (χ2v) is 4.98. The lowest BCUT2D eigenvalue weighted by Crippen LogP contribution is -2.24. The van der Waals surface area contributed by atoms with Crippen LogP contribution in [-0.4, -0.2) is 12.5 Å². The van der Waals surface area contributed by atoms with E-state index in [4.69, 9.17) is 4.74 Å². The Hall–Kier alpha value is -2.55. The van der Waals surface area contributed by atoms with E-state index in [-0.39, 0.29) is 11.9 Å². The van der Waals surface area contributed by atoms with Crippen molar-refractivity contribution in [1.29, 1.82) is 0 Å². The molecule has 0 fully saturated rings. The topological polar surface area (TPSA) is 38.3 Å². The fourth-order valence-electron chi connectivity index (χ4n) is 2.10. The Balaban J connectivity index is 1.92. The third-order valence-electron chi connectivity index (χ3n) is 3.28. The third-order valence-corrected chi connectivity index (χ3v) is 3.28. The first-order valence-corrected chi connectivity index (χ1v) is 7.45. The molecule has 0 heterocycles. The number of hydrogen-bond donors (Lipinski definition) is 1. The molecule has 0 unspecified atom stereocenters. The van der Waals surface area contributed by atoms with Crippen molar-refractivity contribution in [3.63, 3.8) is 0 Å². The lowest BCUT2D eigenvalue weighted by molar-refractivity contribution is -0.117. The highest BCUT2D eigenvalue weighted by atomic mass is 16.5. The molecule has 1 amide bonds. The number of nitrogens with one attached hydrogen (secondary N) is 1. The van der Waals surface area contributed by atoms with Gasteiger partial charge in [0.2, 0.25) is 5.91 Å². The van der Waals surface area contributed by atoms with Gasteiger partial charge in [0.05, 0.1) is 12.6 Å². The second-order valence-electron chi connectivity index (χ2n) is 4.98. The first kappa shape index (κ1) is 15.8. The highest BCUT2D eigenvalue weighted by molar-refractivity contribution is 5.91. The molecule has 0 aliphatic carbocycles. The van der Waals surface area contributed by atoms with Gasteiger partial charge in [0.25, 0.3) is 0 Å². The molecule has 0 aliphatic heterocycles. The van der Waals surface area contributed by atoms with Crippen LogP contribution < -0.4 is 10.1 Å². The molecule has 3 nitrogen and oxygen atoms in total. The summed E-state index contributed by atoms with van der Waals surface area (Å²) in [5.41, 5.74) is 2.05. The molecule has 1 atom stereocenters. The van der Waals surface area contributed by atoms with Gasteiger partial charge in [0.15, 0.2) is 0 Å². The Morgan fingerprint density at radius 3 is 2.45 bits per heavy atom. The number of rotatable bonds is 6. The van der Waals surface area contributed by atoms with Gasteiger partial charge < -0.3 is 10.1 Å². The maximum atomic E-state index is 11.9. The standard InChI is InChI=1S/C19H21NO2/c1-3-22-18-12-10-17(11-13-18)15(2)20-19(21)14-9-16-7-5-4-6-8-16/h4-15H,3H2,1-2H3,(H,20,21)/b14-9+/t15-/m0/s1. The quantitative estimate of drug-likeness (QED) is 0.819. The maximum Gasteiger partial charge on any atom is 0.244 e. The van der Waals surface area contributed by atoms with E-state index in [0.717, 1.165) is 16.9 Å². The molecule has 1 N–H and O–H groups in total. The molecular weight excluding hydrogens is 274 g/mol. The van der Waals surface area contributed by atoms with Gasteiger partial charge in [-0.1, -0.05) is 42.5 Å². The summed E-state index contributed by atoms with van der Waals surface area (Å²) in [7, 11) is 0. The van der Waals surface area contributed by atoms with Crippen molar-refractivity contribution in [1.82, 2.24) is 5.32 Å². The molecule has 0 radical (unpaired) electrons. The van der Waals surface area contributed by atoms with Crippen molar-refractivity contribution >= 4 is 12.0 Å². The van der Waals surface area contributed by atoms with Gasteiger partial charge in [0, 0.05) is 6.08 Å². The highest BCUT2D eigenvalue weighted by Crippen LogP contribution is 2.17. The summed E-state index contributed by atoms with van der Waals surface area (Å²) in [4.78, 5) is 11.9. The SMILES string of the molecule is CCOc1ccc([C@H](C)NC(=O)/C=C/c2ccccc2)cc1. The molecule has 0 aromatic heterocycles. The fourth-order valence-corrected chi connectivity index (χ4v) is 2.10. The van der Waals surface area contributed by atoms with Crippen molar-refractivity contribution in [2.24, 2.45) is 0 Å². The van der Waals surface area contributed by atoms with Crippen LogP contribution >= 0.6 is 0 Å². The van der Waals surface area contributed by atoms with Gasteiger partial charge in [0.1, 0.15) is 5.75 Å². The molecule has 2 aromatic rings. The number of amides is 1. The van der Waals surface area contributed by atoms with Gasteiger partial charge in [-0.15, -0.1) is 0 Å². The summed E-state index contributed by atoms with van der Waals surface area (Å²) in [6.45, 7) is 4.57. The van der Waals surface area contributed by atoms with E-state index in [2.05, 4.69) is 5.32 Å². The highest BCUT2D eigenvalue weighted by Gasteiger charge is 2.07. The van der Waals surface area contributed by atoms with Crippen LogP contribution in [-0.2, 0) is 4.79 Å². The van der Waals surface area contributed by atoms with E-state index in [1.165, 1.54) is 0 Å². The normalized spacial score (nSPS) is 12.1. The minimum absolute atomic E-state index is 0.0522.